The summed E-state index contributed by atoms with van der Waals surface area (Å²) in [5.74, 6) is 0. The average molecular weight is 232 g/mol. The molecule has 5 N–H and O–H groups in total. The van der Waals surface area contributed by atoms with Crippen LogP contribution in [0.4, 0.5) is 0 Å². The zero-order chi connectivity index (χ0) is 10.7. The molecule has 2 unspecified atom stereocenters. The van der Waals surface area contributed by atoms with E-state index < -0.39 is 22.1 Å². The molecule has 13 heavy (non-hydrogen) atoms. The minimum Gasteiger partial charge on any atom is -0.389 e. The topological polar surface area (TPSA) is 127 Å². The van der Waals surface area contributed by atoms with Crippen LogP contribution < -0.4 is 0 Å². The lowest BCUT2D eigenvalue weighted by Crippen LogP contribution is -2.49. The maximum absolute atomic E-state index is 10.5. The Bertz CT molecular complexity index is 195. The van der Waals surface area contributed by atoms with Crippen LogP contribution in [-0.4, -0.2) is 52.2 Å². The maximum Gasteiger partial charge on any atom is 0.523 e. The lowest BCUT2D eigenvalue weighted by Gasteiger charge is -2.16. The van der Waals surface area contributed by atoms with E-state index in [1.54, 1.807) is 0 Å². The Labute approximate surface area is 76.1 Å². The molecule has 9 heteroatoms. The molecule has 80 valence electrons. The largest absolute Gasteiger partial charge is 0.523 e. The van der Waals surface area contributed by atoms with Crippen molar-refractivity contribution in [2.24, 2.45) is 0 Å². The summed E-state index contributed by atoms with van der Waals surface area (Å²) < 4.78 is 14.9. The highest BCUT2D eigenvalue weighted by Crippen LogP contribution is 2.36. The molecule has 0 saturated heterocycles. The van der Waals surface area contributed by atoms with Gasteiger partial charge in [-0.2, -0.15) is 0 Å². The third-order valence-corrected chi connectivity index (χ3v) is 3.01. The molecule has 0 saturated carbocycles. The Hall–Kier alpha value is 0.207. The first-order chi connectivity index (χ1) is 5.63. The van der Waals surface area contributed by atoms with Crippen molar-refractivity contribution in [3.05, 3.63) is 0 Å². The summed E-state index contributed by atoms with van der Waals surface area (Å²) in [6.07, 6.45) is -0.311. The van der Waals surface area contributed by atoms with Crippen LogP contribution in [0, 0.1) is 0 Å². The standard InChI is InChI=1S/C4H13O7PSi/c1-12(6,7)11-3-2-4(5)13(8,9)10/h4-5,8-10H,2-3H2,1H3,(H,6,7). The van der Waals surface area contributed by atoms with E-state index in [4.69, 9.17) is 24.4 Å². The minimum atomic E-state index is -4.55. The van der Waals surface area contributed by atoms with Crippen molar-refractivity contribution in [1.82, 2.24) is 0 Å². The highest BCUT2D eigenvalue weighted by molar-refractivity contribution is 7.51. The molecule has 0 bridgehead atoms. The van der Waals surface area contributed by atoms with Gasteiger partial charge in [0, 0.05) is 13.1 Å². The smallest absolute Gasteiger partial charge is 0.389 e. The Balaban J connectivity index is 3.73. The lowest BCUT2D eigenvalue weighted by molar-refractivity contribution is 0.0974. The van der Waals surface area contributed by atoms with E-state index in [1.165, 1.54) is 0 Å². The van der Waals surface area contributed by atoms with Crippen LogP contribution in [0.25, 0.3) is 0 Å². The second-order valence-corrected chi connectivity index (χ2v) is 6.53. The summed E-state index contributed by atoms with van der Waals surface area (Å²) in [6.45, 7) is 0.628. The van der Waals surface area contributed by atoms with Gasteiger partial charge in [-0.25, -0.2) is 0 Å². The third-order valence-electron chi connectivity index (χ3n) is 1.17. The molecule has 0 aromatic heterocycles. The van der Waals surface area contributed by atoms with Crippen molar-refractivity contribution in [3.8, 4) is 0 Å². The molecular weight excluding hydrogens is 219 g/mol. The zero-order valence-electron chi connectivity index (χ0n) is 6.99. The summed E-state index contributed by atoms with van der Waals surface area (Å²) in [6, 6.07) is 0. The molecule has 0 aliphatic carbocycles. The van der Waals surface area contributed by atoms with Crippen LogP contribution in [0.5, 0.6) is 0 Å². The predicted molar refractivity (Wildman–Crippen MR) is 44.7 cm³/mol. The first-order valence-electron chi connectivity index (χ1n) is 3.43. The fraction of sp³-hybridized carbons (Fsp3) is 1.00. The van der Waals surface area contributed by atoms with Crippen molar-refractivity contribution in [2.45, 2.75) is 12.1 Å². The van der Waals surface area contributed by atoms with E-state index in [2.05, 4.69) is 4.52 Å². The first-order valence-corrected chi connectivity index (χ1v) is 7.37. The van der Waals surface area contributed by atoms with Crippen molar-refractivity contribution in [1.29, 1.82) is 0 Å². The van der Waals surface area contributed by atoms with Crippen LogP contribution in [0.15, 0.2) is 0 Å². The monoisotopic (exact) mass is 232 g/mol. The Morgan fingerprint density at radius 2 is 1.92 bits per heavy atom. The highest BCUT2D eigenvalue weighted by atomic mass is 31.2. The van der Waals surface area contributed by atoms with Gasteiger partial charge in [0.15, 0.2) is 0 Å². The molecule has 0 amide bonds. The molecule has 0 aliphatic rings. The molecule has 0 aliphatic heterocycles. The number of hydrogen-bond donors (Lipinski definition) is 5. The number of aliphatic hydroxyl groups excluding tert-OH is 1. The number of aliphatic hydroxyl groups is 1. The Morgan fingerprint density at radius 1 is 1.46 bits per heavy atom. The van der Waals surface area contributed by atoms with Gasteiger partial charge in [0.25, 0.3) is 0 Å². The van der Waals surface area contributed by atoms with Crippen LogP contribution in [-0.2, 0) is 9.09 Å². The van der Waals surface area contributed by atoms with E-state index in [0.29, 0.717) is 0 Å². The van der Waals surface area contributed by atoms with Crippen LogP contribution in [0.1, 0.15) is 6.42 Å². The van der Waals surface area contributed by atoms with E-state index >= 15 is 0 Å². The number of hydrogen-bond acceptors (Lipinski definition) is 6. The lowest BCUT2D eigenvalue weighted by atomic mass is 10.5. The van der Waals surface area contributed by atoms with Gasteiger partial charge < -0.3 is 28.9 Å². The van der Waals surface area contributed by atoms with E-state index in [-0.39, 0.29) is 13.0 Å². The second-order valence-electron chi connectivity index (χ2n) is 2.63. The van der Waals surface area contributed by atoms with Crippen molar-refractivity contribution in [3.63, 3.8) is 0 Å². The summed E-state index contributed by atoms with van der Waals surface area (Å²) in [4.78, 5) is 34.2. The van der Waals surface area contributed by atoms with Gasteiger partial charge in [-0.3, -0.25) is 4.57 Å². The molecule has 0 fully saturated rings. The van der Waals surface area contributed by atoms with E-state index in [9.17, 15) is 4.57 Å². The van der Waals surface area contributed by atoms with Gasteiger partial charge in [-0.15, -0.1) is 0 Å². The molecule has 0 radical (unpaired) electrons. The minimum absolute atomic E-state index is 0.311. The molecule has 0 aromatic carbocycles. The first kappa shape index (κ1) is 13.2. The fourth-order valence-electron chi connectivity index (χ4n) is 0.527. The van der Waals surface area contributed by atoms with Gasteiger partial charge in [0.05, 0.1) is 6.61 Å². The van der Waals surface area contributed by atoms with Crippen molar-refractivity contribution >= 4 is 16.4 Å². The van der Waals surface area contributed by atoms with Crippen molar-refractivity contribution in [2.75, 3.05) is 13.3 Å². The van der Waals surface area contributed by atoms with Gasteiger partial charge >= 0.3 is 16.4 Å². The third kappa shape index (κ3) is 7.29. The second kappa shape index (κ2) is 4.62. The predicted octanol–water partition coefficient (Wildman–Crippen LogP) is -1.98. The normalized spacial score (nSPS) is 19.5. The molecular formula is C4H13O7PSi. The SMILES string of the molecule is CP(=O)(O)OCCC(O)[Si](O)(O)O. The molecule has 0 rings (SSSR count). The zero-order valence-corrected chi connectivity index (χ0v) is 8.89. The van der Waals surface area contributed by atoms with Crippen LogP contribution in [0.3, 0.4) is 0 Å². The Morgan fingerprint density at radius 3 is 2.23 bits per heavy atom. The van der Waals surface area contributed by atoms with E-state index in [0.717, 1.165) is 6.66 Å². The van der Waals surface area contributed by atoms with Crippen molar-refractivity contribution < 1.29 is 33.5 Å². The molecule has 0 spiro atoms. The summed E-state index contributed by atoms with van der Waals surface area (Å²) in [5, 5.41) is 8.84. The van der Waals surface area contributed by atoms with E-state index in [1.807, 2.05) is 0 Å². The summed E-state index contributed by atoms with van der Waals surface area (Å²) in [5.41, 5.74) is -1.71. The van der Waals surface area contributed by atoms with Gasteiger partial charge in [0.1, 0.15) is 5.73 Å². The van der Waals surface area contributed by atoms with Gasteiger partial charge in [0.2, 0.25) is 0 Å². The fourth-order valence-corrected chi connectivity index (χ4v) is 1.48. The Kier molecular flexibility index (Phi) is 4.70. The average Bonchev–Trinajstić information content (AvgIpc) is 1.82. The number of rotatable bonds is 5. The van der Waals surface area contributed by atoms with Crippen LogP contribution >= 0.6 is 7.60 Å². The van der Waals surface area contributed by atoms with Gasteiger partial charge in [-0.05, 0) is 0 Å². The molecule has 2 atom stereocenters. The molecule has 0 aromatic rings. The quantitative estimate of drug-likeness (QED) is 0.274. The summed E-state index contributed by atoms with van der Waals surface area (Å²) >= 11 is 0. The van der Waals surface area contributed by atoms with Crippen LogP contribution in [0.2, 0.25) is 0 Å². The molecule has 7 nitrogen and oxygen atoms in total. The highest BCUT2D eigenvalue weighted by Gasteiger charge is 2.37. The van der Waals surface area contributed by atoms with Gasteiger partial charge in [-0.1, -0.05) is 0 Å². The summed E-state index contributed by atoms with van der Waals surface area (Å²) in [7, 11) is -8.17. The maximum atomic E-state index is 10.5. The molecule has 0 heterocycles.